The molecule has 0 bridgehead atoms. The van der Waals surface area contributed by atoms with E-state index in [1.807, 2.05) is 30.3 Å². The Morgan fingerprint density at radius 1 is 1.06 bits per heavy atom. The average Bonchev–Trinajstić information content (AvgIpc) is 3.35. The second-order valence-corrected chi connectivity index (χ2v) is 8.73. The highest BCUT2D eigenvalue weighted by atomic mass is 35.5. The molecule has 3 aliphatic rings. The van der Waals surface area contributed by atoms with Gasteiger partial charge in [-0.15, -0.1) is 12.4 Å². The molecule has 4 amide bonds. The summed E-state index contributed by atoms with van der Waals surface area (Å²) in [5.74, 6) is -1.25. The molecule has 172 valence electrons. The molecule has 8 nitrogen and oxygen atoms in total. The van der Waals surface area contributed by atoms with Gasteiger partial charge in [0.05, 0.1) is 5.54 Å². The molecule has 0 radical (unpaired) electrons. The first-order valence-electron chi connectivity index (χ1n) is 10.8. The van der Waals surface area contributed by atoms with Crippen molar-refractivity contribution in [3.05, 3.63) is 70.8 Å². The first-order chi connectivity index (χ1) is 15.4. The number of rotatable bonds is 3. The van der Waals surface area contributed by atoms with Crippen LogP contribution in [0.3, 0.4) is 0 Å². The summed E-state index contributed by atoms with van der Waals surface area (Å²) >= 11 is 0. The number of piperidine rings is 1. The second-order valence-electron chi connectivity index (χ2n) is 8.73. The molecule has 2 atom stereocenters. The number of nitrogens with zero attached hydrogens (tertiary/aromatic N) is 2. The minimum absolute atomic E-state index is 0. The third-order valence-electron chi connectivity index (χ3n) is 6.75. The largest absolute Gasteiger partial charge is 0.336 e. The number of likely N-dealkylation sites (tertiary alicyclic amines) is 1. The predicted molar refractivity (Wildman–Crippen MR) is 123 cm³/mol. The molecule has 3 N–H and O–H groups in total. The number of carbonyl (C=O) groups excluding carboxylic acids is 4. The van der Waals surface area contributed by atoms with Crippen molar-refractivity contribution in [1.29, 1.82) is 0 Å². The van der Waals surface area contributed by atoms with Gasteiger partial charge in [0, 0.05) is 37.2 Å². The Morgan fingerprint density at radius 3 is 2.55 bits per heavy atom. The molecule has 2 aromatic carbocycles. The van der Waals surface area contributed by atoms with Crippen molar-refractivity contribution in [2.45, 2.75) is 37.4 Å². The first kappa shape index (κ1) is 22.9. The molecule has 3 aliphatic heterocycles. The van der Waals surface area contributed by atoms with Gasteiger partial charge >= 0.3 is 0 Å². The van der Waals surface area contributed by atoms with E-state index >= 15 is 0 Å². The van der Waals surface area contributed by atoms with Gasteiger partial charge in [-0.1, -0.05) is 36.4 Å². The van der Waals surface area contributed by atoms with Crippen LogP contribution in [0.1, 0.15) is 51.1 Å². The number of nitrogens with two attached hydrogens (primary N) is 1. The smallest absolute Gasteiger partial charge is 0.255 e. The Morgan fingerprint density at radius 2 is 1.82 bits per heavy atom. The molecule has 0 spiro atoms. The lowest BCUT2D eigenvalue weighted by molar-refractivity contribution is -0.136. The second kappa shape index (κ2) is 8.61. The molecule has 0 aromatic heterocycles. The number of imide groups is 1. The van der Waals surface area contributed by atoms with Gasteiger partial charge in [-0.25, -0.2) is 0 Å². The van der Waals surface area contributed by atoms with Crippen molar-refractivity contribution in [1.82, 2.24) is 15.1 Å². The number of hydrogen-bond acceptors (Lipinski definition) is 5. The molecule has 9 heteroatoms. The van der Waals surface area contributed by atoms with E-state index in [4.69, 9.17) is 5.73 Å². The zero-order valence-corrected chi connectivity index (χ0v) is 18.8. The van der Waals surface area contributed by atoms with Crippen LogP contribution in [0.15, 0.2) is 48.5 Å². The minimum atomic E-state index is -0.711. The summed E-state index contributed by atoms with van der Waals surface area (Å²) in [6.07, 6.45) is 1.12. The van der Waals surface area contributed by atoms with Crippen molar-refractivity contribution in [3.63, 3.8) is 0 Å². The van der Waals surface area contributed by atoms with Crippen LogP contribution >= 0.6 is 12.4 Å². The standard InChI is InChI=1S/C24H24N4O4.ClH/c25-24(15-5-2-1-3-6-15)11-12-27(14-24)22(31)16-7-4-8-17-18(16)13-28(23(17)32)19-9-10-20(29)26-21(19)30;/h1-8,19H,9-14,25H2,(H,26,29,30);1H. The Kier molecular flexibility index (Phi) is 5.99. The van der Waals surface area contributed by atoms with Gasteiger partial charge in [-0.3, -0.25) is 24.5 Å². The van der Waals surface area contributed by atoms with E-state index in [2.05, 4.69) is 5.32 Å². The van der Waals surface area contributed by atoms with Gasteiger partial charge in [0.25, 0.3) is 11.8 Å². The quantitative estimate of drug-likeness (QED) is 0.664. The summed E-state index contributed by atoms with van der Waals surface area (Å²) < 4.78 is 0. The molecule has 33 heavy (non-hydrogen) atoms. The van der Waals surface area contributed by atoms with Crippen LogP contribution in [0.2, 0.25) is 0 Å². The number of fused-ring (bicyclic) bond motifs is 1. The fraction of sp³-hybridized carbons (Fsp3) is 0.333. The number of carbonyl (C=O) groups is 4. The van der Waals surface area contributed by atoms with E-state index in [0.717, 1.165) is 5.56 Å². The molecule has 2 saturated heterocycles. The predicted octanol–water partition coefficient (Wildman–Crippen LogP) is 1.57. The Bertz CT molecular complexity index is 1140. The third kappa shape index (κ3) is 3.89. The molecule has 0 aliphatic carbocycles. The van der Waals surface area contributed by atoms with E-state index in [0.29, 0.717) is 36.2 Å². The lowest BCUT2D eigenvalue weighted by atomic mass is 9.90. The van der Waals surface area contributed by atoms with Crippen LogP contribution in [0.5, 0.6) is 0 Å². The fourth-order valence-corrected chi connectivity index (χ4v) is 4.97. The number of hydrogen-bond donors (Lipinski definition) is 2. The van der Waals surface area contributed by atoms with Crippen molar-refractivity contribution in [3.8, 4) is 0 Å². The molecule has 2 unspecified atom stereocenters. The maximum absolute atomic E-state index is 13.4. The molecule has 0 saturated carbocycles. The molecule has 5 rings (SSSR count). The van der Waals surface area contributed by atoms with E-state index in [-0.39, 0.29) is 49.5 Å². The maximum Gasteiger partial charge on any atom is 0.255 e. The average molecular weight is 469 g/mol. The van der Waals surface area contributed by atoms with E-state index in [9.17, 15) is 19.2 Å². The fourth-order valence-electron chi connectivity index (χ4n) is 4.97. The third-order valence-corrected chi connectivity index (χ3v) is 6.75. The van der Waals surface area contributed by atoms with Gasteiger partial charge < -0.3 is 15.5 Å². The molecule has 3 heterocycles. The number of amides is 4. The Hall–Kier alpha value is -3.23. The summed E-state index contributed by atoms with van der Waals surface area (Å²) in [6, 6.07) is 14.2. The normalized spacial score (nSPS) is 24.4. The zero-order valence-electron chi connectivity index (χ0n) is 18.0. The van der Waals surface area contributed by atoms with Crippen LogP contribution in [-0.2, 0) is 21.7 Å². The minimum Gasteiger partial charge on any atom is -0.336 e. The Labute approximate surface area is 197 Å². The van der Waals surface area contributed by atoms with Gasteiger partial charge in [0.15, 0.2) is 0 Å². The van der Waals surface area contributed by atoms with Crippen LogP contribution in [-0.4, -0.2) is 52.6 Å². The van der Waals surface area contributed by atoms with E-state index < -0.39 is 17.5 Å². The van der Waals surface area contributed by atoms with Crippen molar-refractivity contribution >= 4 is 36.0 Å². The Balaban J connectivity index is 0.00000259. The number of halogens is 1. The van der Waals surface area contributed by atoms with Crippen LogP contribution < -0.4 is 11.1 Å². The lowest BCUT2D eigenvalue weighted by Gasteiger charge is -2.29. The summed E-state index contributed by atoms with van der Waals surface area (Å²) in [6.45, 7) is 1.09. The van der Waals surface area contributed by atoms with E-state index in [1.54, 1.807) is 23.1 Å². The molecular formula is C24H25ClN4O4. The van der Waals surface area contributed by atoms with Crippen molar-refractivity contribution < 1.29 is 19.2 Å². The van der Waals surface area contributed by atoms with Gasteiger partial charge in [0.2, 0.25) is 11.8 Å². The summed E-state index contributed by atoms with van der Waals surface area (Å²) in [7, 11) is 0. The highest BCUT2D eigenvalue weighted by molar-refractivity contribution is 6.07. The summed E-state index contributed by atoms with van der Waals surface area (Å²) in [5, 5.41) is 2.30. The maximum atomic E-state index is 13.4. The summed E-state index contributed by atoms with van der Waals surface area (Å²) in [5.41, 5.74) is 8.54. The molecular weight excluding hydrogens is 444 g/mol. The monoisotopic (exact) mass is 468 g/mol. The van der Waals surface area contributed by atoms with Gasteiger partial charge in [-0.05, 0) is 36.1 Å². The van der Waals surface area contributed by atoms with Crippen molar-refractivity contribution in [2.75, 3.05) is 13.1 Å². The van der Waals surface area contributed by atoms with Crippen LogP contribution in [0.4, 0.5) is 0 Å². The van der Waals surface area contributed by atoms with Crippen molar-refractivity contribution in [2.24, 2.45) is 5.73 Å². The number of benzene rings is 2. The van der Waals surface area contributed by atoms with Crippen LogP contribution in [0.25, 0.3) is 0 Å². The van der Waals surface area contributed by atoms with E-state index in [1.165, 1.54) is 4.90 Å². The zero-order chi connectivity index (χ0) is 22.5. The number of nitrogens with one attached hydrogen (secondary N) is 1. The van der Waals surface area contributed by atoms with Gasteiger partial charge in [0.1, 0.15) is 6.04 Å². The SMILES string of the molecule is Cl.NC1(c2ccccc2)CCN(C(=O)c2cccc3c2CN(C2CCC(=O)NC2=O)C3=O)C1. The van der Waals surface area contributed by atoms with Gasteiger partial charge in [-0.2, -0.15) is 0 Å². The lowest BCUT2D eigenvalue weighted by Crippen LogP contribution is -2.52. The highest BCUT2D eigenvalue weighted by Crippen LogP contribution is 2.33. The first-order valence-corrected chi connectivity index (χ1v) is 10.8. The topological polar surface area (TPSA) is 113 Å². The summed E-state index contributed by atoms with van der Waals surface area (Å²) in [4.78, 5) is 53.5. The molecule has 2 aromatic rings. The molecule has 2 fully saturated rings. The van der Waals surface area contributed by atoms with Crippen LogP contribution in [0, 0.1) is 0 Å². The highest BCUT2D eigenvalue weighted by Gasteiger charge is 2.42.